The Hall–Kier alpha value is -3.66. The van der Waals surface area contributed by atoms with E-state index in [0.29, 0.717) is 11.5 Å². The molecule has 30 heavy (non-hydrogen) atoms. The number of allylic oxidation sites excluding steroid dienone is 1. The number of ether oxygens (including phenoxy) is 2. The highest BCUT2D eigenvalue weighted by Gasteiger charge is 2.15. The van der Waals surface area contributed by atoms with Gasteiger partial charge in [0.25, 0.3) is 0 Å². The van der Waals surface area contributed by atoms with Crippen molar-refractivity contribution in [2.45, 2.75) is 27.2 Å². The summed E-state index contributed by atoms with van der Waals surface area (Å²) >= 11 is 0. The van der Waals surface area contributed by atoms with Crippen molar-refractivity contribution >= 4 is 23.1 Å². The first kappa shape index (κ1) is 21.1. The summed E-state index contributed by atoms with van der Waals surface area (Å²) < 4.78 is 10.6. The lowest BCUT2D eigenvalue weighted by Crippen LogP contribution is -2.03. The third-order valence-electron chi connectivity index (χ3n) is 4.55. The van der Waals surface area contributed by atoms with Crippen LogP contribution in [0.5, 0.6) is 11.5 Å². The highest BCUT2D eigenvalue weighted by atomic mass is 16.5. The van der Waals surface area contributed by atoms with E-state index in [1.54, 1.807) is 12.1 Å². The predicted octanol–water partition coefficient (Wildman–Crippen LogP) is 5.91. The second kappa shape index (κ2) is 9.70. The van der Waals surface area contributed by atoms with Crippen molar-refractivity contribution in [3.05, 3.63) is 95.6 Å². The van der Waals surface area contributed by atoms with Gasteiger partial charge in [0.15, 0.2) is 0 Å². The van der Waals surface area contributed by atoms with Gasteiger partial charge in [-0.3, -0.25) is 9.59 Å². The lowest BCUT2D eigenvalue weighted by atomic mass is 9.88. The number of rotatable bonds is 6. The number of carbonyl (C=O) groups is 2. The van der Waals surface area contributed by atoms with E-state index in [9.17, 15) is 9.59 Å². The molecule has 0 spiro atoms. The van der Waals surface area contributed by atoms with Gasteiger partial charge in [-0.05, 0) is 58.5 Å². The monoisotopic (exact) mass is 400 g/mol. The summed E-state index contributed by atoms with van der Waals surface area (Å²) in [7, 11) is 0. The molecule has 0 radical (unpaired) electrons. The molecule has 0 saturated heterocycles. The normalized spacial score (nSPS) is 11.4. The minimum absolute atomic E-state index is 0.355. The number of hydrogen-bond acceptors (Lipinski definition) is 4. The van der Waals surface area contributed by atoms with Crippen LogP contribution in [0.2, 0.25) is 0 Å². The van der Waals surface area contributed by atoms with E-state index in [2.05, 4.69) is 19.1 Å². The zero-order valence-corrected chi connectivity index (χ0v) is 17.3. The summed E-state index contributed by atoms with van der Waals surface area (Å²) in [6.07, 6.45) is 0.756. The van der Waals surface area contributed by atoms with Crippen LogP contribution in [0.4, 0.5) is 0 Å². The van der Waals surface area contributed by atoms with Crippen LogP contribution in [-0.2, 0) is 9.59 Å². The van der Waals surface area contributed by atoms with Crippen molar-refractivity contribution in [3.63, 3.8) is 0 Å². The Bertz CT molecular complexity index is 1080. The Morgan fingerprint density at radius 1 is 0.667 bits per heavy atom. The van der Waals surface area contributed by atoms with Crippen molar-refractivity contribution in [1.82, 2.24) is 0 Å². The van der Waals surface area contributed by atoms with Crippen molar-refractivity contribution in [2.24, 2.45) is 0 Å². The number of esters is 2. The molecule has 0 aliphatic rings. The van der Waals surface area contributed by atoms with Crippen LogP contribution in [0.25, 0.3) is 11.1 Å². The summed E-state index contributed by atoms with van der Waals surface area (Å²) in [4.78, 5) is 22.8. The molecule has 0 aromatic heterocycles. The fourth-order valence-corrected chi connectivity index (χ4v) is 3.44. The van der Waals surface area contributed by atoms with Crippen molar-refractivity contribution < 1.29 is 19.1 Å². The summed E-state index contributed by atoms with van der Waals surface area (Å²) in [6.45, 7) is 4.87. The van der Waals surface area contributed by atoms with E-state index in [0.717, 1.165) is 34.3 Å². The standard InChI is InChI=1S/C26H24O4/c1-4-25(21-12-8-14-23(16-21)29-18(2)27)26(20-10-6-5-7-11-20)22-13-9-15-24(17-22)30-19(3)28/h5-17H,4H2,1-3H3/b26-25-. The van der Waals surface area contributed by atoms with Gasteiger partial charge in [0.1, 0.15) is 11.5 Å². The van der Waals surface area contributed by atoms with Gasteiger partial charge in [-0.25, -0.2) is 0 Å². The Kier molecular flexibility index (Phi) is 6.81. The van der Waals surface area contributed by atoms with Gasteiger partial charge in [0.2, 0.25) is 0 Å². The average Bonchev–Trinajstić information content (AvgIpc) is 2.72. The first-order valence-electron chi connectivity index (χ1n) is 9.84. The molecule has 0 N–H and O–H groups in total. The van der Waals surface area contributed by atoms with E-state index in [-0.39, 0.29) is 11.9 Å². The van der Waals surface area contributed by atoms with Crippen LogP contribution in [0.1, 0.15) is 43.9 Å². The third-order valence-corrected chi connectivity index (χ3v) is 4.55. The summed E-state index contributed by atoms with van der Waals surface area (Å²) in [5.74, 6) is 0.290. The molecule has 3 aromatic rings. The minimum Gasteiger partial charge on any atom is -0.427 e. The maximum Gasteiger partial charge on any atom is 0.308 e. The average molecular weight is 400 g/mol. The molecule has 152 valence electrons. The molecule has 0 aliphatic heterocycles. The van der Waals surface area contributed by atoms with Gasteiger partial charge in [-0.2, -0.15) is 0 Å². The largest absolute Gasteiger partial charge is 0.427 e. The molecule has 0 atom stereocenters. The van der Waals surface area contributed by atoms with Gasteiger partial charge in [0.05, 0.1) is 0 Å². The Morgan fingerprint density at radius 2 is 1.17 bits per heavy atom. The lowest BCUT2D eigenvalue weighted by Gasteiger charge is -2.17. The maximum atomic E-state index is 11.4. The van der Waals surface area contributed by atoms with Crippen LogP contribution in [-0.4, -0.2) is 11.9 Å². The quantitative estimate of drug-likeness (QED) is 0.293. The molecular weight excluding hydrogens is 376 g/mol. The first-order chi connectivity index (χ1) is 14.5. The predicted molar refractivity (Wildman–Crippen MR) is 118 cm³/mol. The zero-order chi connectivity index (χ0) is 21.5. The highest BCUT2D eigenvalue weighted by molar-refractivity contribution is 5.99. The van der Waals surface area contributed by atoms with E-state index < -0.39 is 0 Å². The lowest BCUT2D eigenvalue weighted by molar-refractivity contribution is -0.132. The SMILES string of the molecule is CC/C(=C(\c1ccccc1)c1cccc(OC(C)=O)c1)c1cccc(OC(C)=O)c1. The molecule has 0 aliphatic carbocycles. The van der Waals surface area contributed by atoms with E-state index >= 15 is 0 Å². The summed E-state index contributed by atoms with van der Waals surface area (Å²) in [5.41, 5.74) is 5.08. The van der Waals surface area contributed by atoms with E-state index in [1.807, 2.05) is 54.6 Å². The molecule has 0 amide bonds. The van der Waals surface area contributed by atoms with Crippen molar-refractivity contribution in [2.75, 3.05) is 0 Å². The third kappa shape index (κ3) is 5.23. The molecule has 0 bridgehead atoms. The van der Waals surface area contributed by atoms with Gasteiger partial charge < -0.3 is 9.47 Å². The zero-order valence-electron chi connectivity index (χ0n) is 17.3. The second-order valence-electron chi connectivity index (χ2n) is 6.82. The van der Waals surface area contributed by atoms with Gasteiger partial charge in [-0.1, -0.05) is 61.5 Å². The van der Waals surface area contributed by atoms with Crippen LogP contribution in [0, 0.1) is 0 Å². The Morgan fingerprint density at radius 3 is 1.70 bits per heavy atom. The fraction of sp³-hybridized carbons (Fsp3) is 0.154. The molecule has 4 nitrogen and oxygen atoms in total. The second-order valence-corrected chi connectivity index (χ2v) is 6.82. The number of carbonyl (C=O) groups excluding carboxylic acids is 2. The van der Waals surface area contributed by atoms with Crippen LogP contribution >= 0.6 is 0 Å². The van der Waals surface area contributed by atoms with Gasteiger partial charge >= 0.3 is 11.9 Å². The number of hydrogen-bond donors (Lipinski definition) is 0. The molecule has 0 fully saturated rings. The molecule has 0 heterocycles. The van der Waals surface area contributed by atoms with E-state index in [4.69, 9.17) is 9.47 Å². The van der Waals surface area contributed by atoms with Crippen molar-refractivity contribution in [1.29, 1.82) is 0 Å². The highest BCUT2D eigenvalue weighted by Crippen LogP contribution is 2.36. The van der Waals surface area contributed by atoms with E-state index in [1.165, 1.54) is 13.8 Å². The molecular formula is C26H24O4. The van der Waals surface area contributed by atoms with Crippen molar-refractivity contribution in [3.8, 4) is 11.5 Å². The first-order valence-corrected chi connectivity index (χ1v) is 9.84. The molecule has 4 heteroatoms. The summed E-state index contributed by atoms with van der Waals surface area (Å²) in [6, 6.07) is 25.1. The summed E-state index contributed by atoms with van der Waals surface area (Å²) in [5, 5.41) is 0. The van der Waals surface area contributed by atoms with Crippen LogP contribution < -0.4 is 9.47 Å². The molecule has 0 unspecified atom stereocenters. The fourth-order valence-electron chi connectivity index (χ4n) is 3.44. The topological polar surface area (TPSA) is 52.6 Å². The molecule has 3 rings (SSSR count). The minimum atomic E-state index is -0.359. The number of benzene rings is 3. The van der Waals surface area contributed by atoms with Gasteiger partial charge in [0, 0.05) is 13.8 Å². The maximum absolute atomic E-state index is 11.4. The van der Waals surface area contributed by atoms with Gasteiger partial charge in [-0.15, -0.1) is 0 Å². The molecule has 0 saturated carbocycles. The smallest absolute Gasteiger partial charge is 0.308 e. The Labute approximate surface area is 176 Å². The van der Waals surface area contributed by atoms with Crippen LogP contribution in [0.3, 0.4) is 0 Å². The van der Waals surface area contributed by atoms with Crippen LogP contribution in [0.15, 0.2) is 78.9 Å². The molecule has 3 aromatic carbocycles. The Balaban J connectivity index is 2.22.